The lowest BCUT2D eigenvalue weighted by atomic mass is 10.0. The fourth-order valence-electron chi connectivity index (χ4n) is 2.01. The Morgan fingerprint density at radius 1 is 1.44 bits per heavy atom. The number of hydrogen-bond acceptors (Lipinski definition) is 3. The molecule has 0 radical (unpaired) electrons. The summed E-state index contributed by atoms with van der Waals surface area (Å²) in [6, 6.07) is 5.13. The first-order valence-corrected chi connectivity index (χ1v) is 7.61. The molecule has 1 aliphatic rings. The second kappa shape index (κ2) is 6.34. The molecule has 1 aromatic rings. The number of anilines is 1. The van der Waals surface area contributed by atoms with Crippen LogP contribution in [0.4, 0.5) is 5.69 Å². The largest absolute Gasteiger partial charge is 0.398 e. The number of rotatable bonds is 3. The van der Waals surface area contributed by atoms with Crippen molar-refractivity contribution in [3.63, 3.8) is 0 Å². The number of nitrogens with one attached hydrogen (secondary N) is 1. The molecule has 0 saturated carbocycles. The van der Waals surface area contributed by atoms with Crippen molar-refractivity contribution in [3.05, 3.63) is 28.8 Å². The maximum atomic E-state index is 12.0. The Morgan fingerprint density at radius 3 is 2.89 bits per heavy atom. The second-order valence-electron chi connectivity index (χ2n) is 4.47. The van der Waals surface area contributed by atoms with Gasteiger partial charge in [0.2, 0.25) is 0 Å². The van der Waals surface area contributed by atoms with Gasteiger partial charge in [0.25, 0.3) is 5.91 Å². The van der Waals surface area contributed by atoms with Crippen molar-refractivity contribution < 1.29 is 4.79 Å². The Labute approximate surface area is 116 Å². The van der Waals surface area contributed by atoms with Crippen LogP contribution in [0, 0.1) is 5.92 Å². The molecule has 18 heavy (non-hydrogen) atoms. The number of halogens is 1. The maximum absolute atomic E-state index is 12.0. The van der Waals surface area contributed by atoms with Crippen LogP contribution in [0.1, 0.15) is 23.2 Å². The summed E-state index contributed by atoms with van der Waals surface area (Å²) in [6.45, 7) is 0.727. The fraction of sp³-hybridized carbons (Fsp3) is 0.462. The fourth-order valence-corrected chi connectivity index (χ4v) is 3.42. The van der Waals surface area contributed by atoms with Gasteiger partial charge < -0.3 is 11.1 Å². The molecular formula is C13H17ClN2OS. The zero-order chi connectivity index (χ0) is 13.0. The Hall–Kier alpha value is -0.870. The highest BCUT2D eigenvalue weighted by molar-refractivity contribution is 7.99. The van der Waals surface area contributed by atoms with Crippen LogP contribution in [0.25, 0.3) is 0 Å². The monoisotopic (exact) mass is 284 g/mol. The van der Waals surface area contributed by atoms with Gasteiger partial charge in [0.1, 0.15) is 0 Å². The molecule has 3 nitrogen and oxygen atoms in total. The summed E-state index contributed by atoms with van der Waals surface area (Å²) in [5, 5.41) is 3.29. The average Bonchev–Trinajstić information content (AvgIpc) is 2.40. The summed E-state index contributed by atoms with van der Waals surface area (Å²) in [5.74, 6) is 2.85. The molecule has 0 aromatic heterocycles. The van der Waals surface area contributed by atoms with E-state index in [0.29, 0.717) is 22.2 Å². The first-order valence-electron chi connectivity index (χ1n) is 6.08. The van der Waals surface area contributed by atoms with Crippen LogP contribution in [0.5, 0.6) is 0 Å². The van der Waals surface area contributed by atoms with E-state index < -0.39 is 0 Å². The molecular weight excluding hydrogens is 268 g/mol. The molecule has 0 aliphatic carbocycles. The molecule has 3 N–H and O–H groups in total. The Bertz CT molecular complexity index is 433. The van der Waals surface area contributed by atoms with E-state index in [9.17, 15) is 4.79 Å². The van der Waals surface area contributed by atoms with Crippen molar-refractivity contribution in [2.75, 3.05) is 23.8 Å². The third kappa shape index (κ3) is 3.33. The normalized spacial score (nSPS) is 16.5. The van der Waals surface area contributed by atoms with Crippen molar-refractivity contribution >= 4 is 35.0 Å². The summed E-state index contributed by atoms with van der Waals surface area (Å²) < 4.78 is 0. The number of nitrogens with two attached hydrogens (primary N) is 1. The first kappa shape index (κ1) is 13.6. The third-order valence-electron chi connectivity index (χ3n) is 3.17. The minimum Gasteiger partial charge on any atom is -0.398 e. The van der Waals surface area contributed by atoms with E-state index in [2.05, 4.69) is 5.32 Å². The molecule has 0 spiro atoms. The maximum Gasteiger partial charge on any atom is 0.252 e. The number of carbonyl (C=O) groups excluding carboxylic acids is 1. The smallest absolute Gasteiger partial charge is 0.252 e. The lowest BCUT2D eigenvalue weighted by Crippen LogP contribution is -2.31. The average molecular weight is 285 g/mol. The minimum atomic E-state index is -0.134. The molecule has 0 bridgehead atoms. The summed E-state index contributed by atoms with van der Waals surface area (Å²) in [7, 11) is 0. The molecule has 1 aromatic carbocycles. The zero-order valence-corrected chi connectivity index (χ0v) is 11.7. The van der Waals surface area contributed by atoms with Gasteiger partial charge in [-0.2, -0.15) is 11.8 Å². The number of nitrogen functional groups attached to an aromatic ring is 1. The van der Waals surface area contributed by atoms with Gasteiger partial charge in [-0.15, -0.1) is 0 Å². The predicted molar refractivity (Wildman–Crippen MR) is 78.2 cm³/mol. The van der Waals surface area contributed by atoms with Crippen LogP contribution in [0.3, 0.4) is 0 Å². The highest BCUT2D eigenvalue weighted by Crippen LogP contribution is 2.24. The second-order valence-corrected chi connectivity index (χ2v) is 6.08. The summed E-state index contributed by atoms with van der Waals surface area (Å²) in [4.78, 5) is 12.0. The zero-order valence-electron chi connectivity index (χ0n) is 10.1. The molecule has 1 amide bonds. The molecule has 1 saturated heterocycles. The summed E-state index contributed by atoms with van der Waals surface area (Å²) >= 11 is 8.00. The summed E-state index contributed by atoms with van der Waals surface area (Å²) in [5.41, 5.74) is 6.59. The van der Waals surface area contributed by atoms with Crippen molar-refractivity contribution in [1.29, 1.82) is 0 Å². The van der Waals surface area contributed by atoms with Crippen LogP contribution in [0.2, 0.25) is 5.02 Å². The molecule has 2 rings (SSSR count). The molecule has 5 heteroatoms. The molecule has 98 valence electrons. The van der Waals surface area contributed by atoms with Crippen LogP contribution in [-0.4, -0.2) is 24.0 Å². The molecule has 0 unspecified atom stereocenters. The van der Waals surface area contributed by atoms with E-state index in [0.717, 1.165) is 6.54 Å². The van der Waals surface area contributed by atoms with Crippen molar-refractivity contribution in [2.45, 2.75) is 12.8 Å². The third-order valence-corrected chi connectivity index (χ3v) is 4.64. The highest BCUT2D eigenvalue weighted by atomic mass is 35.5. The van der Waals surface area contributed by atoms with Crippen LogP contribution >= 0.6 is 23.4 Å². The highest BCUT2D eigenvalue weighted by Gasteiger charge is 2.16. The van der Waals surface area contributed by atoms with Crippen molar-refractivity contribution in [3.8, 4) is 0 Å². The quantitative estimate of drug-likeness (QED) is 0.839. The standard InChI is InChI=1S/C13H17ClN2OS/c14-12-10(2-1-3-11(12)15)13(17)16-8-9-4-6-18-7-5-9/h1-3,9H,4-8,15H2,(H,16,17). The molecule has 0 atom stereocenters. The predicted octanol–water partition coefficient (Wildman–Crippen LogP) is 2.80. The van der Waals surface area contributed by atoms with Gasteiger partial charge in [0.15, 0.2) is 0 Å². The molecule has 1 fully saturated rings. The lowest BCUT2D eigenvalue weighted by molar-refractivity contribution is 0.0946. The van der Waals surface area contributed by atoms with Crippen LogP contribution < -0.4 is 11.1 Å². The molecule has 1 aliphatic heterocycles. The van der Waals surface area contributed by atoms with Gasteiger partial charge in [-0.3, -0.25) is 4.79 Å². The Morgan fingerprint density at radius 2 is 2.17 bits per heavy atom. The van der Waals surface area contributed by atoms with Gasteiger partial charge >= 0.3 is 0 Å². The number of amides is 1. The van der Waals surface area contributed by atoms with Crippen molar-refractivity contribution in [2.24, 2.45) is 5.92 Å². The van der Waals surface area contributed by atoms with Gasteiger partial charge in [0.05, 0.1) is 16.3 Å². The summed E-state index contributed by atoms with van der Waals surface area (Å²) in [6.07, 6.45) is 2.35. The Balaban J connectivity index is 1.93. The van der Waals surface area contributed by atoms with E-state index in [-0.39, 0.29) is 5.91 Å². The van der Waals surface area contributed by atoms with Crippen molar-refractivity contribution in [1.82, 2.24) is 5.32 Å². The topological polar surface area (TPSA) is 55.1 Å². The minimum absolute atomic E-state index is 0.134. The van der Waals surface area contributed by atoms with E-state index in [1.54, 1.807) is 18.2 Å². The van der Waals surface area contributed by atoms with E-state index >= 15 is 0 Å². The number of thioether (sulfide) groups is 1. The van der Waals surface area contributed by atoms with Gasteiger partial charge in [-0.1, -0.05) is 17.7 Å². The van der Waals surface area contributed by atoms with Gasteiger partial charge in [-0.25, -0.2) is 0 Å². The lowest BCUT2D eigenvalue weighted by Gasteiger charge is -2.21. The van der Waals surface area contributed by atoms with E-state index in [4.69, 9.17) is 17.3 Å². The number of benzene rings is 1. The van der Waals surface area contributed by atoms with E-state index in [1.807, 2.05) is 11.8 Å². The number of carbonyl (C=O) groups is 1. The van der Waals surface area contributed by atoms with Gasteiger partial charge in [0, 0.05) is 6.54 Å². The number of hydrogen-bond donors (Lipinski definition) is 2. The van der Waals surface area contributed by atoms with E-state index in [1.165, 1.54) is 24.3 Å². The van der Waals surface area contributed by atoms with Crippen LogP contribution in [0.15, 0.2) is 18.2 Å². The van der Waals surface area contributed by atoms with Crippen LogP contribution in [-0.2, 0) is 0 Å². The Kier molecular flexibility index (Phi) is 4.78. The first-order chi connectivity index (χ1) is 8.68. The molecule has 1 heterocycles. The van der Waals surface area contributed by atoms with Gasteiger partial charge in [-0.05, 0) is 42.4 Å². The SMILES string of the molecule is Nc1cccc(C(=O)NCC2CCSCC2)c1Cl.